The number of fused-ring (bicyclic) bond motifs is 1. The summed E-state index contributed by atoms with van der Waals surface area (Å²) in [6, 6.07) is 8.16. The van der Waals surface area contributed by atoms with E-state index in [9.17, 15) is 18.0 Å². The third-order valence-corrected chi connectivity index (χ3v) is 6.42. The van der Waals surface area contributed by atoms with Gasteiger partial charge in [-0.05, 0) is 51.0 Å². The number of benzene rings is 1. The molecule has 42 heavy (non-hydrogen) atoms. The van der Waals surface area contributed by atoms with Crippen LogP contribution in [0.25, 0.3) is 16.8 Å². The molecule has 3 aromatic heterocycles. The molecule has 0 aliphatic carbocycles. The van der Waals surface area contributed by atoms with Crippen molar-refractivity contribution in [3.8, 4) is 11.3 Å². The summed E-state index contributed by atoms with van der Waals surface area (Å²) in [7, 11) is 0. The molecule has 0 unspecified atom stereocenters. The van der Waals surface area contributed by atoms with Crippen LogP contribution < -0.4 is 10.2 Å². The van der Waals surface area contributed by atoms with Gasteiger partial charge in [-0.1, -0.05) is 17.3 Å². The van der Waals surface area contributed by atoms with Crippen LogP contribution in [0.1, 0.15) is 42.4 Å². The number of nitrogens with one attached hydrogen (secondary N) is 1. The lowest BCUT2D eigenvalue weighted by Gasteiger charge is -2.28. The Morgan fingerprint density at radius 2 is 1.79 bits per heavy atom. The van der Waals surface area contributed by atoms with E-state index in [1.54, 1.807) is 17.1 Å². The maximum absolute atomic E-state index is 12.6. The van der Waals surface area contributed by atoms with Crippen LogP contribution in [-0.4, -0.2) is 79.1 Å². The van der Waals surface area contributed by atoms with E-state index in [1.165, 1.54) is 0 Å². The number of anilines is 1. The summed E-state index contributed by atoms with van der Waals surface area (Å²) < 4.78 is 40.8. The Labute approximate surface area is 239 Å². The van der Waals surface area contributed by atoms with Crippen LogP contribution in [0.5, 0.6) is 0 Å². The molecule has 0 spiro atoms. The second-order valence-corrected chi connectivity index (χ2v) is 10.6. The van der Waals surface area contributed by atoms with Gasteiger partial charge in [0.2, 0.25) is 0 Å². The highest BCUT2D eigenvalue weighted by molar-refractivity contribution is 5.91. The van der Waals surface area contributed by atoms with Gasteiger partial charge in [0.15, 0.2) is 5.69 Å². The Morgan fingerprint density at radius 1 is 1.10 bits per heavy atom. The van der Waals surface area contributed by atoms with E-state index in [1.807, 2.05) is 56.6 Å². The summed E-state index contributed by atoms with van der Waals surface area (Å²) in [5.41, 5.74) is 5.00. The maximum Gasteiger partial charge on any atom is 0.490 e. The summed E-state index contributed by atoms with van der Waals surface area (Å²) in [5, 5.41) is 22.6. The zero-order valence-electron chi connectivity index (χ0n) is 23.5. The number of carboxylic acids is 1. The highest BCUT2D eigenvalue weighted by atomic mass is 19.4. The van der Waals surface area contributed by atoms with Crippen LogP contribution in [0, 0.1) is 6.92 Å². The van der Waals surface area contributed by atoms with Crippen molar-refractivity contribution < 1.29 is 32.6 Å². The van der Waals surface area contributed by atoms with E-state index in [-0.39, 0.29) is 11.4 Å². The number of aliphatic carboxylic acids is 1. The first-order chi connectivity index (χ1) is 19.7. The summed E-state index contributed by atoms with van der Waals surface area (Å²) in [5.74, 6) is -2.12. The number of nitrogens with zero attached hydrogens (tertiary/aromatic N) is 7. The van der Waals surface area contributed by atoms with E-state index in [2.05, 4.69) is 31.7 Å². The van der Waals surface area contributed by atoms with E-state index >= 15 is 0 Å². The van der Waals surface area contributed by atoms with E-state index in [0.29, 0.717) is 25.5 Å². The van der Waals surface area contributed by atoms with Crippen LogP contribution in [0.2, 0.25) is 0 Å². The zero-order valence-corrected chi connectivity index (χ0v) is 23.5. The van der Waals surface area contributed by atoms with Gasteiger partial charge in [-0.3, -0.25) is 4.79 Å². The molecular weight excluding hydrogens is 557 g/mol. The Bertz CT molecular complexity index is 1570. The van der Waals surface area contributed by atoms with Gasteiger partial charge >= 0.3 is 12.1 Å². The highest BCUT2D eigenvalue weighted by Crippen LogP contribution is 2.28. The van der Waals surface area contributed by atoms with Crippen molar-refractivity contribution >= 4 is 23.2 Å². The number of aromatic nitrogens is 6. The number of carboxylic acid groups (broad SMARTS) is 1. The number of aryl methyl sites for hydroxylation is 1. The number of rotatable bonds is 5. The molecule has 0 radical (unpaired) electrons. The minimum atomic E-state index is -5.08. The number of alkyl halides is 3. The summed E-state index contributed by atoms with van der Waals surface area (Å²) in [6.07, 6.45) is 0.349. The molecule has 0 atom stereocenters. The molecule has 5 rings (SSSR count). The molecule has 0 bridgehead atoms. The molecule has 4 heterocycles. The van der Waals surface area contributed by atoms with Crippen LogP contribution in [0.3, 0.4) is 0 Å². The minimum Gasteiger partial charge on any atom is -0.475 e. The van der Waals surface area contributed by atoms with Crippen LogP contribution in [0.4, 0.5) is 19.0 Å². The third-order valence-electron chi connectivity index (χ3n) is 6.42. The molecule has 1 amide bonds. The van der Waals surface area contributed by atoms with Crippen LogP contribution >= 0.6 is 0 Å². The molecular formula is C27H31F3N8O4. The fraction of sp³-hybridized carbons (Fsp3) is 0.407. The molecule has 224 valence electrons. The monoisotopic (exact) mass is 588 g/mol. The van der Waals surface area contributed by atoms with Crippen molar-refractivity contribution in [2.45, 2.75) is 46.0 Å². The SMILES string of the molecule is Cc1cc(-c2nc(N3CCOCC3)cn3nccc23)ccc1CNC(=O)c1cn(C(C)(C)C)nn1.O=C(O)C(F)(F)F. The number of carbonyl (C=O) groups is 2. The topological polar surface area (TPSA) is 140 Å². The molecule has 4 aromatic rings. The normalized spacial score (nSPS) is 13.9. The molecule has 15 heteroatoms. The highest BCUT2D eigenvalue weighted by Gasteiger charge is 2.38. The fourth-order valence-electron chi connectivity index (χ4n) is 4.08. The van der Waals surface area contributed by atoms with E-state index in [0.717, 1.165) is 46.8 Å². The van der Waals surface area contributed by atoms with Crippen LogP contribution in [0.15, 0.2) is 42.9 Å². The van der Waals surface area contributed by atoms with Crippen molar-refractivity contribution in [3.63, 3.8) is 0 Å². The van der Waals surface area contributed by atoms with E-state index < -0.39 is 12.1 Å². The Morgan fingerprint density at radius 3 is 2.38 bits per heavy atom. The number of hydrogen-bond donors (Lipinski definition) is 2. The van der Waals surface area contributed by atoms with Crippen molar-refractivity contribution in [2.75, 3.05) is 31.2 Å². The van der Waals surface area contributed by atoms with Crippen molar-refractivity contribution in [2.24, 2.45) is 0 Å². The Balaban J connectivity index is 0.000000517. The van der Waals surface area contributed by atoms with Crippen molar-refractivity contribution in [3.05, 3.63) is 59.7 Å². The number of morpholine rings is 1. The average molecular weight is 589 g/mol. The fourth-order valence-corrected chi connectivity index (χ4v) is 4.08. The van der Waals surface area contributed by atoms with Gasteiger partial charge in [-0.15, -0.1) is 5.10 Å². The molecule has 2 N–H and O–H groups in total. The van der Waals surface area contributed by atoms with Gasteiger partial charge in [-0.25, -0.2) is 19.0 Å². The lowest BCUT2D eigenvalue weighted by molar-refractivity contribution is -0.192. The molecule has 12 nitrogen and oxygen atoms in total. The van der Waals surface area contributed by atoms with Crippen molar-refractivity contribution in [1.29, 1.82) is 0 Å². The summed E-state index contributed by atoms with van der Waals surface area (Å²) in [6.45, 7) is 11.5. The van der Waals surface area contributed by atoms with Gasteiger partial charge in [-0.2, -0.15) is 18.3 Å². The number of carbonyl (C=O) groups excluding carboxylic acids is 1. The third kappa shape index (κ3) is 7.21. The zero-order chi connectivity index (χ0) is 30.7. The predicted octanol–water partition coefficient (Wildman–Crippen LogP) is 3.45. The van der Waals surface area contributed by atoms with Gasteiger partial charge in [0.25, 0.3) is 5.91 Å². The molecule has 1 aromatic carbocycles. The molecule has 1 aliphatic heterocycles. The molecule has 1 aliphatic rings. The quantitative estimate of drug-likeness (QED) is 0.359. The second-order valence-electron chi connectivity index (χ2n) is 10.6. The minimum absolute atomic E-state index is 0.230. The van der Waals surface area contributed by atoms with E-state index in [4.69, 9.17) is 19.6 Å². The Kier molecular flexibility index (Phi) is 8.80. The predicted molar refractivity (Wildman–Crippen MR) is 146 cm³/mol. The largest absolute Gasteiger partial charge is 0.490 e. The maximum atomic E-state index is 12.6. The van der Waals surface area contributed by atoms with Gasteiger partial charge in [0.1, 0.15) is 5.82 Å². The number of hydrogen-bond acceptors (Lipinski definition) is 8. The average Bonchev–Trinajstić information content (AvgIpc) is 3.62. The first-order valence-corrected chi connectivity index (χ1v) is 13.0. The lowest BCUT2D eigenvalue weighted by Crippen LogP contribution is -2.37. The standard InChI is InChI=1S/C25H30N8O2.C2HF3O2/c1-17-13-18(5-6-19(17)14-26-24(34)20-15-33(30-29-20)25(2,3)4)23-21-7-8-27-32(21)16-22(28-23)31-9-11-35-12-10-31;3-2(4,5)1(6)7/h5-8,13,15-16H,9-12,14H2,1-4H3,(H,26,34);(H,6,7). The molecule has 0 saturated carbocycles. The summed E-state index contributed by atoms with van der Waals surface area (Å²) >= 11 is 0. The molecule has 1 saturated heterocycles. The van der Waals surface area contributed by atoms with Gasteiger partial charge < -0.3 is 20.1 Å². The van der Waals surface area contributed by atoms with Gasteiger partial charge in [0.05, 0.1) is 48.6 Å². The first kappa shape index (κ1) is 30.4. The lowest BCUT2D eigenvalue weighted by atomic mass is 10.0. The second kappa shape index (κ2) is 12.1. The Hall–Kier alpha value is -4.53. The number of ether oxygens (including phenoxy) is 1. The number of amides is 1. The summed E-state index contributed by atoms with van der Waals surface area (Å²) in [4.78, 5) is 28.7. The number of halogens is 3. The van der Waals surface area contributed by atoms with Crippen LogP contribution in [-0.2, 0) is 21.6 Å². The first-order valence-electron chi connectivity index (χ1n) is 13.0. The smallest absolute Gasteiger partial charge is 0.475 e. The molecule has 1 fully saturated rings. The van der Waals surface area contributed by atoms with Crippen molar-refractivity contribution in [1.82, 2.24) is 34.9 Å². The van der Waals surface area contributed by atoms with Gasteiger partial charge in [0, 0.05) is 25.2 Å².